The van der Waals surface area contributed by atoms with Gasteiger partial charge >= 0.3 is 0 Å². The number of carbonyl (C=O) groups excluding carboxylic acids is 1. The van der Waals surface area contributed by atoms with Crippen LogP contribution in [0.25, 0.3) is 0 Å². The first kappa shape index (κ1) is 20.3. The predicted octanol–water partition coefficient (Wildman–Crippen LogP) is 3.11. The van der Waals surface area contributed by atoms with Crippen LogP contribution in [0.1, 0.15) is 46.6 Å². The fourth-order valence-electron chi connectivity index (χ4n) is 2.04. The second-order valence-corrected chi connectivity index (χ2v) is 7.58. The van der Waals surface area contributed by atoms with Crippen molar-refractivity contribution in [3.63, 3.8) is 0 Å². The summed E-state index contributed by atoms with van der Waals surface area (Å²) >= 11 is 0. The molecule has 0 aromatic heterocycles. The quantitative estimate of drug-likeness (QED) is 0.765. The van der Waals surface area contributed by atoms with Crippen molar-refractivity contribution in [2.24, 2.45) is 17.1 Å². The van der Waals surface area contributed by atoms with Crippen LogP contribution in [0, 0.1) is 11.3 Å². The number of hydrogen-bond acceptors (Lipinski definition) is 4. The molecule has 5 heteroatoms. The average molecular weight is 336 g/mol. The number of methoxy groups -OCH3 is 1. The highest BCUT2D eigenvalue weighted by atomic mass is 16.5. The van der Waals surface area contributed by atoms with Gasteiger partial charge in [0.1, 0.15) is 0 Å². The second-order valence-electron chi connectivity index (χ2n) is 7.58. The molecule has 1 aromatic rings. The molecule has 0 saturated carbocycles. The SMILES string of the molecule is COc1cc(CNC(=O)[C@@H](N)C(C)(C)C)ccc1OCCC(C)C. The normalized spacial score (nSPS) is 12.8. The third-order valence-electron chi connectivity index (χ3n) is 3.86. The number of amides is 1. The van der Waals surface area contributed by atoms with Crippen LogP contribution in [0.2, 0.25) is 0 Å². The first-order valence-corrected chi connectivity index (χ1v) is 8.48. The minimum Gasteiger partial charge on any atom is -0.493 e. The van der Waals surface area contributed by atoms with E-state index in [0.29, 0.717) is 24.8 Å². The standard InChI is InChI=1S/C19H32N2O3/c1-13(2)9-10-24-15-8-7-14(11-16(15)23-6)12-21-18(22)17(20)19(3,4)5/h7-8,11,13,17H,9-10,12,20H2,1-6H3,(H,21,22)/t17-/m1/s1. The lowest BCUT2D eigenvalue weighted by Crippen LogP contribution is -2.48. The number of ether oxygens (including phenoxy) is 2. The maximum absolute atomic E-state index is 12.1. The van der Waals surface area contributed by atoms with E-state index in [1.165, 1.54) is 0 Å². The summed E-state index contributed by atoms with van der Waals surface area (Å²) in [5.41, 5.74) is 6.64. The van der Waals surface area contributed by atoms with Crippen molar-refractivity contribution in [1.82, 2.24) is 5.32 Å². The van der Waals surface area contributed by atoms with Gasteiger partial charge in [-0.1, -0.05) is 40.7 Å². The number of rotatable bonds is 8. The molecule has 0 fully saturated rings. The van der Waals surface area contributed by atoms with Crippen LogP contribution in [0.15, 0.2) is 18.2 Å². The molecule has 0 spiro atoms. The lowest BCUT2D eigenvalue weighted by atomic mass is 9.87. The Kier molecular flexibility index (Phi) is 7.55. The zero-order valence-electron chi connectivity index (χ0n) is 15.8. The third kappa shape index (κ3) is 6.40. The van der Waals surface area contributed by atoms with Gasteiger partial charge in [0.2, 0.25) is 5.91 Å². The summed E-state index contributed by atoms with van der Waals surface area (Å²) < 4.78 is 11.2. The largest absolute Gasteiger partial charge is 0.493 e. The molecule has 0 saturated heterocycles. The van der Waals surface area contributed by atoms with Crippen LogP contribution < -0.4 is 20.5 Å². The molecular weight excluding hydrogens is 304 g/mol. The minimum atomic E-state index is -0.543. The van der Waals surface area contributed by atoms with Crippen LogP contribution in [-0.4, -0.2) is 25.7 Å². The van der Waals surface area contributed by atoms with Crippen molar-refractivity contribution in [3.8, 4) is 11.5 Å². The van der Waals surface area contributed by atoms with Crippen LogP contribution >= 0.6 is 0 Å². The molecule has 24 heavy (non-hydrogen) atoms. The number of hydrogen-bond donors (Lipinski definition) is 2. The van der Waals surface area contributed by atoms with Gasteiger partial charge in [-0.05, 0) is 35.4 Å². The molecule has 1 aromatic carbocycles. The molecule has 0 aliphatic heterocycles. The molecule has 1 amide bonds. The molecule has 1 atom stereocenters. The van der Waals surface area contributed by atoms with Gasteiger partial charge in [-0.2, -0.15) is 0 Å². The van der Waals surface area contributed by atoms with E-state index >= 15 is 0 Å². The zero-order valence-corrected chi connectivity index (χ0v) is 15.8. The van der Waals surface area contributed by atoms with Crippen LogP contribution in [0.3, 0.4) is 0 Å². The summed E-state index contributed by atoms with van der Waals surface area (Å²) in [5, 5.41) is 2.87. The smallest absolute Gasteiger partial charge is 0.237 e. The maximum Gasteiger partial charge on any atom is 0.237 e. The summed E-state index contributed by atoms with van der Waals surface area (Å²) in [6.45, 7) is 11.2. The Balaban J connectivity index is 2.65. The molecular formula is C19H32N2O3. The fourth-order valence-corrected chi connectivity index (χ4v) is 2.04. The minimum absolute atomic E-state index is 0.154. The Labute approximate surface area is 145 Å². The van der Waals surface area contributed by atoms with Crippen LogP contribution in [-0.2, 0) is 11.3 Å². The van der Waals surface area contributed by atoms with Gasteiger partial charge in [0.05, 0.1) is 19.8 Å². The highest BCUT2D eigenvalue weighted by molar-refractivity contribution is 5.82. The van der Waals surface area contributed by atoms with E-state index in [-0.39, 0.29) is 11.3 Å². The van der Waals surface area contributed by atoms with E-state index < -0.39 is 6.04 Å². The summed E-state index contributed by atoms with van der Waals surface area (Å²) in [6.07, 6.45) is 0.992. The fraction of sp³-hybridized carbons (Fsp3) is 0.632. The Morgan fingerprint density at radius 3 is 2.46 bits per heavy atom. The molecule has 0 aliphatic carbocycles. The van der Waals surface area contributed by atoms with E-state index in [1.54, 1.807) is 7.11 Å². The first-order valence-electron chi connectivity index (χ1n) is 8.48. The van der Waals surface area contributed by atoms with E-state index in [1.807, 2.05) is 39.0 Å². The van der Waals surface area contributed by atoms with Gasteiger partial charge in [-0.3, -0.25) is 4.79 Å². The van der Waals surface area contributed by atoms with Gasteiger partial charge < -0.3 is 20.5 Å². The lowest BCUT2D eigenvalue weighted by Gasteiger charge is -2.25. The van der Waals surface area contributed by atoms with E-state index in [4.69, 9.17) is 15.2 Å². The van der Waals surface area contributed by atoms with E-state index in [0.717, 1.165) is 17.7 Å². The number of carbonyl (C=O) groups is 1. The topological polar surface area (TPSA) is 73.6 Å². The van der Waals surface area contributed by atoms with Crippen molar-refractivity contribution >= 4 is 5.91 Å². The summed E-state index contributed by atoms with van der Waals surface area (Å²) in [6, 6.07) is 5.15. The molecule has 1 rings (SSSR count). The van der Waals surface area contributed by atoms with E-state index in [2.05, 4.69) is 19.2 Å². The Bertz CT molecular complexity index is 536. The molecule has 0 aliphatic rings. The van der Waals surface area contributed by atoms with Gasteiger partial charge in [-0.15, -0.1) is 0 Å². The lowest BCUT2D eigenvalue weighted by molar-refractivity contribution is -0.124. The Morgan fingerprint density at radius 2 is 1.92 bits per heavy atom. The summed E-state index contributed by atoms with van der Waals surface area (Å²) in [7, 11) is 1.61. The first-order chi connectivity index (χ1) is 11.1. The highest BCUT2D eigenvalue weighted by Crippen LogP contribution is 2.28. The van der Waals surface area contributed by atoms with Gasteiger partial charge in [0, 0.05) is 6.54 Å². The zero-order chi connectivity index (χ0) is 18.3. The average Bonchev–Trinajstić information content (AvgIpc) is 2.51. The van der Waals surface area contributed by atoms with Gasteiger partial charge in [0.25, 0.3) is 0 Å². The van der Waals surface area contributed by atoms with Crippen molar-refractivity contribution in [2.75, 3.05) is 13.7 Å². The van der Waals surface area contributed by atoms with Crippen molar-refractivity contribution < 1.29 is 14.3 Å². The number of nitrogens with two attached hydrogens (primary N) is 1. The Morgan fingerprint density at radius 1 is 1.25 bits per heavy atom. The maximum atomic E-state index is 12.1. The molecule has 0 heterocycles. The van der Waals surface area contributed by atoms with Gasteiger partial charge in [0.15, 0.2) is 11.5 Å². The monoisotopic (exact) mass is 336 g/mol. The van der Waals surface area contributed by atoms with Crippen molar-refractivity contribution in [1.29, 1.82) is 0 Å². The molecule has 0 unspecified atom stereocenters. The Hall–Kier alpha value is -1.75. The van der Waals surface area contributed by atoms with Crippen LogP contribution in [0.4, 0.5) is 0 Å². The molecule has 3 N–H and O–H groups in total. The van der Waals surface area contributed by atoms with Gasteiger partial charge in [-0.25, -0.2) is 0 Å². The van der Waals surface area contributed by atoms with Crippen molar-refractivity contribution in [2.45, 2.75) is 53.6 Å². The summed E-state index contributed by atoms with van der Waals surface area (Å²) in [4.78, 5) is 12.1. The van der Waals surface area contributed by atoms with Crippen molar-refractivity contribution in [3.05, 3.63) is 23.8 Å². The second kappa shape index (κ2) is 8.92. The van der Waals surface area contributed by atoms with Crippen LogP contribution in [0.5, 0.6) is 11.5 Å². The third-order valence-corrected chi connectivity index (χ3v) is 3.86. The molecule has 5 nitrogen and oxygen atoms in total. The molecule has 136 valence electrons. The molecule has 0 bridgehead atoms. The number of nitrogens with one attached hydrogen (secondary N) is 1. The number of benzene rings is 1. The summed E-state index contributed by atoms with van der Waals surface area (Å²) in [5.74, 6) is 1.83. The van der Waals surface area contributed by atoms with E-state index in [9.17, 15) is 4.79 Å². The predicted molar refractivity (Wildman–Crippen MR) is 97.2 cm³/mol. The molecule has 0 radical (unpaired) electrons. The highest BCUT2D eigenvalue weighted by Gasteiger charge is 2.27.